The zero-order valence-electron chi connectivity index (χ0n) is 17.3. The minimum absolute atomic E-state index is 0.202. The van der Waals surface area contributed by atoms with E-state index in [4.69, 9.17) is 0 Å². The van der Waals surface area contributed by atoms with Gasteiger partial charge in [0.05, 0.1) is 28.4 Å². The summed E-state index contributed by atoms with van der Waals surface area (Å²) in [4.78, 5) is 12.1. The monoisotopic (exact) mass is 496 g/mol. The largest absolute Gasteiger partial charge is 0.416 e. The fraction of sp³-hybridized carbons (Fsp3) is 0.0870. The highest BCUT2D eigenvalue weighted by Gasteiger charge is 2.32. The summed E-state index contributed by atoms with van der Waals surface area (Å²) in [5, 5.41) is 2.15. The van der Waals surface area contributed by atoms with Crippen LogP contribution in [0.15, 0.2) is 84.3 Å². The molecule has 178 valence electrons. The number of hydrogen-bond donors (Lipinski definition) is 1. The number of halogens is 5. The number of benzene rings is 3. The molecular weight excluding hydrogens is 479 g/mol. The summed E-state index contributed by atoms with van der Waals surface area (Å²) < 4.78 is 93.8. The lowest BCUT2D eigenvalue weighted by Gasteiger charge is -2.24. The van der Waals surface area contributed by atoms with Crippen molar-refractivity contribution in [1.82, 2.24) is 0 Å². The topological polar surface area (TPSA) is 66.5 Å². The van der Waals surface area contributed by atoms with E-state index in [2.05, 4.69) is 11.9 Å². The molecule has 0 fully saturated rings. The molecule has 0 atom stereocenters. The SMILES string of the molecule is C=CCN(c1cccc(C(F)(F)F)c1)S(=O)(=O)c1cccc(C(=O)Nc2cc(F)ccc2F)c1. The van der Waals surface area contributed by atoms with Crippen LogP contribution in [0.25, 0.3) is 0 Å². The van der Waals surface area contributed by atoms with E-state index in [0.29, 0.717) is 10.4 Å². The van der Waals surface area contributed by atoms with Gasteiger partial charge in [0, 0.05) is 11.6 Å². The molecule has 11 heteroatoms. The number of rotatable bonds is 7. The summed E-state index contributed by atoms with van der Waals surface area (Å²) in [5.41, 5.74) is -1.95. The average Bonchev–Trinajstić information content (AvgIpc) is 2.79. The van der Waals surface area contributed by atoms with Gasteiger partial charge in [-0.05, 0) is 48.5 Å². The Bertz CT molecular complexity index is 1340. The molecule has 0 heterocycles. The van der Waals surface area contributed by atoms with Gasteiger partial charge in [0.25, 0.3) is 15.9 Å². The first-order chi connectivity index (χ1) is 15.9. The van der Waals surface area contributed by atoms with Crippen LogP contribution in [0.1, 0.15) is 15.9 Å². The van der Waals surface area contributed by atoms with Gasteiger partial charge in [-0.2, -0.15) is 13.2 Å². The van der Waals surface area contributed by atoms with Gasteiger partial charge < -0.3 is 5.32 Å². The number of anilines is 2. The molecule has 34 heavy (non-hydrogen) atoms. The number of hydrogen-bond acceptors (Lipinski definition) is 3. The molecule has 0 saturated heterocycles. The number of alkyl halides is 3. The molecule has 5 nitrogen and oxygen atoms in total. The van der Waals surface area contributed by atoms with Crippen LogP contribution in [0.2, 0.25) is 0 Å². The van der Waals surface area contributed by atoms with E-state index in [-0.39, 0.29) is 17.8 Å². The van der Waals surface area contributed by atoms with Crippen LogP contribution < -0.4 is 9.62 Å². The zero-order valence-corrected chi connectivity index (χ0v) is 18.1. The fourth-order valence-corrected chi connectivity index (χ4v) is 4.48. The van der Waals surface area contributed by atoms with Crippen molar-refractivity contribution in [2.24, 2.45) is 0 Å². The first kappa shape index (κ1) is 24.9. The number of carbonyl (C=O) groups excluding carboxylic acids is 1. The normalized spacial score (nSPS) is 11.7. The minimum atomic E-state index is -4.69. The van der Waals surface area contributed by atoms with Gasteiger partial charge in [-0.15, -0.1) is 6.58 Å². The van der Waals surface area contributed by atoms with Crippen LogP contribution in [-0.4, -0.2) is 20.9 Å². The van der Waals surface area contributed by atoms with Crippen molar-refractivity contribution in [3.8, 4) is 0 Å². The number of nitrogens with zero attached hydrogens (tertiary/aromatic N) is 1. The second kappa shape index (κ2) is 9.64. The molecule has 0 spiro atoms. The van der Waals surface area contributed by atoms with Gasteiger partial charge in [-0.25, -0.2) is 17.2 Å². The second-order valence-corrected chi connectivity index (χ2v) is 8.84. The summed E-state index contributed by atoms with van der Waals surface area (Å²) in [6, 6.07) is 10.8. The van der Waals surface area contributed by atoms with Crippen molar-refractivity contribution in [1.29, 1.82) is 0 Å². The van der Waals surface area contributed by atoms with Crippen LogP contribution in [0.4, 0.5) is 33.3 Å². The Morgan fingerprint density at radius 1 is 1.00 bits per heavy atom. The lowest BCUT2D eigenvalue weighted by molar-refractivity contribution is -0.137. The summed E-state index contributed by atoms with van der Waals surface area (Å²) in [5.74, 6) is -2.62. The molecule has 3 aromatic carbocycles. The molecule has 1 N–H and O–H groups in total. The Balaban J connectivity index is 1.98. The molecule has 0 unspecified atom stereocenters. The summed E-state index contributed by atoms with van der Waals surface area (Å²) in [7, 11) is -4.44. The number of amides is 1. The van der Waals surface area contributed by atoms with E-state index in [1.54, 1.807) is 0 Å². The van der Waals surface area contributed by atoms with E-state index in [0.717, 1.165) is 42.5 Å². The first-order valence-corrected chi connectivity index (χ1v) is 11.0. The summed E-state index contributed by atoms with van der Waals surface area (Å²) >= 11 is 0. The number of sulfonamides is 1. The lowest BCUT2D eigenvalue weighted by Crippen LogP contribution is -2.31. The van der Waals surface area contributed by atoms with Gasteiger partial charge in [-0.1, -0.05) is 18.2 Å². The van der Waals surface area contributed by atoms with Gasteiger partial charge in [-0.3, -0.25) is 9.10 Å². The Labute approximate surface area is 192 Å². The average molecular weight is 496 g/mol. The summed E-state index contributed by atoms with van der Waals surface area (Å²) in [6.07, 6.45) is -3.50. The van der Waals surface area contributed by atoms with Gasteiger partial charge in [0.15, 0.2) is 0 Å². The molecule has 0 aliphatic rings. The molecular formula is C23H17F5N2O3S. The van der Waals surface area contributed by atoms with E-state index >= 15 is 0 Å². The van der Waals surface area contributed by atoms with Gasteiger partial charge in [0.1, 0.15) is 11.6 Å². The Morgan fingerprint density at radius 3 is 2.38 bits per heavy atom. The molecule has 1 amide bonds. The highest BCUT2D eigenvalue weighted by atomic mass is 32.2. The third kappa shape index (κ3) is 5.42. The van der Waals surface area contributed by atoms with Gasteiger partial charge in [0.2, 0.25) is 0 Å². The van der Waals surface area contributed by atoms with Crippen LogP contribution >= 0.6 is 0 Å². The smallest absolute Gasteiger partial charge is 0.319 e. The van der Waals surface area contributed by atoms with Crippen LogP contribution in [-0.2, 0) is 16.2 Å². The third-order valence-corrected chi connectivity index (χ3v) is 6.41. The van der Waals surface area contributed by atoms with Crippen molar-refractivity contribution in [3.05, 3.63) is 102 Å². The highest BCUT2D eigenvalue weighted by molar-refractivity contribution is 7.92. The summed E-state index contributed by atoms with van der Waals surface area (Å²) in [6.45, 7) is 3.10. The van der Waals surface area contributed by atoms with Crippen LogP contribution in [0.3, 0.4) is 0 Å². The van der Waals surface area contributed by atoms with E-state index in [1.807, 2.05) is 0 Å². The van der Waals surface area contributed by atoms with Crippen LogP contribution in [0.5, 0.6) is 0 Å². The molecule has 0 saturated carbocycles. The molecule has 0 aromatic heterocycles. The van der Waals surface area contributed by atoms with Crippen molar-refractivity contribution >= 4 is 27.3 Å². The molecule has 0 aliphatic carbocycles. The molecule has 0 bridgehead atoms. The first-order valence-electron chi connectivity index (χ1n) is 9.61. The predicted molar refractivity (Wildman–Crippen MR) is 117 cm³/mol. The fourth-order valence-electron chi connectivity index (χ4n) is 3.01. The van der Waals surface area contributed by atoms with Crippen molar-refractivity contribution in [2.45, 2.75) is 11.1 Å². The number of carbonyl (C=O) groups is 1. The molecule has 3 aromatic rings. The molecule has 0 aliphatic heterocycles. The van der Waals surface area contributed by atoms with Gasteiger partial charge >= 0.3 is 6.18 Å². The Morgan fingerprint density at radius 2 is 1.71 bits per heavy atom. The van der Waals surface area contributed by atoms with E-state index < -0.39 is 49.9 Å². The zero-order chi connectivity index (χ0) is 25.1. The maximum Gasteiger partial charge on any atom is 0.416 e. The lowest BCUT2D eigenvalue weighted by atomic mass is 10.2. The van der Waals surface area contributed by atoms with E-state index in [9.17, 15) is 35.2 Å². The highest BCUT2D eigenvalue weighted by Crippen LogP contribution is 2.33. The van der Waals surface area contributed by atoms with E-state index in [1.165, 1.54) is 24.3 Å². The Kier molecular flexibility index (Phi) is 7.06. The Hall–Kier alpha value is -3.73. The maximum atomic E-state index is 13.8. The quantitative estimate of drug-likeness (QED) is 0.341. The van der Waals surface area contributed by atoms with Crippen LogP contribution in [0, 0.1) is 11.6 Å². The maximum absolute atomic E-state index is 13.8. The number of nitrogens with one attached hydrogen (secondary N) is 1. The minimum Gasteiger partial charge on any atom is -0.319 e. The predicted octanol–water partition coefficient (Wildman–Crippen LogP) is 5.62. The van der Waals surface area contributed by atoms with Crippen molar-refractivity contribution < 1.29 is 35.2 Å². The van der Waals surface area contributed by atoms with Crippen molar-refractivity contribution in [2.75, 3.05) is 16.2 Å². The second-order valence-electron chi connectivity index (χ2n) is 6.98. The van der Waals surface area contributed by atoms with Crippen molar-refractivity contribution in [3.63, 3.8) is 0 Å². The molecule has 0 radical (unpaired) electrons. The third-order valence-electron chi connectivity index (χ3n) is 4.62. The standard InChI is InChI=1S/C23H17F5N2O3S/c1-2-11-30(18-7-4-6-16(13-18)23(26,27)28)34(32,33)19-8-3-5-15(12-19)22(31)29-21-14-17(24)9-10-20(21)25/h2-10,12-14H,1,11H2,(H,29,31). The molecule has 3 rings (SSSR count).